The van der Waals surface area contributed by atoms with Crippen molar-refractivity contribution in [1.29, 1.82) is 0 Å². The molecule has 0 radical (unpaired) electrons. The average molecular weight is 270 g/mol. The van der Waals surface area contributed by atoms with Gasteiger partial charge in [0.2, 0.25) is 0 Å². The highest BCUT2D eigenvalue weighted by Crippen LogP contribution is 2.21. The van der Waals surface area contributed by atoms with Crippen molar-refractivity contribution in [2.45, 2.75) is 19.4 Å². The van der Waals surface area contributed by atoms with Gasteiger partial charge in [-0.1, -0.05) is 24.3 Å². The number of thiazole rings is 1. The van der Waals surface area contributed by atoms with Gasteiger partial charge in [-0.2, -0.15) is 0 Å². The van der Waals surface area contributed by atoms with Crippen molar-refractivity contribution in [3.63, 3.8) is 0 Å². The number of fused-ring (bicyclic) bond motifs is 1. The molecule has 19 heavy (non-hydrogen) atoms. The molecule has 0 saturated carbocycles. The van der Waals surface area contributed by atoms with Gasteiger partial charge in [0, 0.05) is 22.9 Å². The minimum absolute atomic E-state index is 0.518. The highest BCUT2D eigenvalue weighted by molar-refractivity contribution is 7.09. The Kier molecular flexibility index (Phi) is 3.27. The van der Waals surface area contributed by atoms with Gasteiger partial charge in [0.05, 0.1) is 16.2 Å². The summed E-state index contributed by atoms with van der Waals surface area (Å²) < 4.78 is 0. The molecule has 3 nitrogen and oxygen atoms in total. The van der Waals surface area contributed by atoms with Crippen molar-refractivity contribution in [3.05, 3.63) is 58.2 Å². The number of aryl methyl sites for hydroxylation is 1. The molecule has 3 aromatic rings. The summed E-state index contributed by atoms with van der Waals surface area (Å²) >= 11 is 1.58. The summed E-state index contributed by atoms with van der Waals surface area (Å²) in [6.45, 7) is 1.96. The van der Waals surface area contributed by atoms with Crippen molar-refractivity contribution in [1.82, 2.24) is 9.97 Å². The quantitative estimate of drug-likeness (QED) is 0.794. The van der Waals surface area contributed by atoms with Crippen LogP contribution in [0, 0.1) is 6.92 Å². The SMILES string of the molecule is Cc1csc(CC(O)c2ccc3ccccc3n2)n1. The first-order valence-corrected chi connectivity index (χ1v) is 7.05. The molecule has 0 saturated heterocycles. The Morgan fingerprint density at radius 3 is 2.79 bits per heavy atom. The zero-order chi connectivity index (χ0) is 13.2. The fourth-order valence-corrected chi connectivity index (χ4v) is 2.84. The maximum atomic E-state index is 10.2. The Morgan fingerprint density at radius 1 is 1.16 bits per heavy atom. The van der Waals surface area contributed by atoms with Crippen LogP contribution >= 0.6 is 11.3 Å². The zero-order valence-corrected chi connectivity index (χ0v) is 11.4. The third-order valence-electron chi connectivity index (χ3n) is 3.00. The molecule has 0 aliphatic heterocycles. The van der Waals surface area contributed by atoms with Crippen LogP contribution in [-0.2, 0) is 6.42 Å². The number of aliphatic hydroxyl groups is 1. The molecule has 0 amide bonds. The molecule has 1 unspecified atom stereocenters. The highest BCUT2D eigenvalue weighted by atomic mass is 32.1. The van der Waals surface area contributed by atoms with E-state index in [1.54, 1.807) is 11.3 Å². The van der Waals surface area contributed by atoms with Crippen LogP contribution < -0.4 is 0 Å². The fourth-order valence-electron chi connectivity index (χ4n) is 2.03. The Labute approximate surface area is 115 Å². The number of aromatic nitrogens is 2. The van der Waals surface area contributed by atoms with Gasteiger partial charge in [-0.05, 0) is 19.1 Å². The number of rotatable bonds is 3. The second kappa shape index (κ2) is 5.07. The summed E-state index contributed by atoms with van der Waals surface area (Å²) in [4.78, 5) is 8.87. The summed E-state index contributed by atoms with van der Waals surface area (Å²) in [5, 5.41) is 14.3. The lowest BCUT2D eigenvalue weighted by Crippen LogP contribution is -2.04. The Balaban J connectivity index is 1.86. The third kappa shape index (κ3) is 2.64. The molecule has 2 aromatic heterocycles. The monoisotopic (exact) mass is 270 g/mol. The Hall–Kier alpha value is -1.78. The van der Waals surface area contributed by atoms with E-state index in [-0.39, 0.29) is 0 Å². The topological polar surface area (TPSA) is 46.0 Å². The lowest BCUT2D eigenvalue weighted by molar-refractivity contribution is 0.174. The Bertz CT molecular complexity index is 708. The number of pyridine rings is 1. The molecule has 0 spiro atoms. The number of hydrogen-bond acceptors (Lipinski definition) is 4. The molecule has 0 aliphatic carbocycles. The number of benzene rings is 1. The summed E-state index contributed by atoms with van der Waals surface area (Å²) in [6, 6.07) is 11.8. The molecule has 1 aromatic carbocycles. The fraction of sp³-hybridized carbons (Fsp3) is 0.200. The number of aliphatic hydroxyl groups excluding tert-OH is 1. The second-order valence-corrected chi connectivity index (χ2v) is 5.47. The Morgan fingerprint density at radius 2 is 2.00 bits per heavy atom. The van der Waals surface area contributed by atoms with Crippen molar-refractivity contribution in [2.24, 2.45) is 0 Å². The van der Waals surface area contributed by atoms with E-state index in [0.29, 0.717) is 12.1 Å². The highest BCUT2D eigenvalue weighted by Gasteiger charge is 2.12. The molecule has 4 heteroatoms. The number of hydrogen-bond donors (Lipinski definition) is 1. The molecule has 3 rings (SSSR count). The van der Waals surface area contributed by atoms with Crippen molar-refractivity contribution >= 4 is 22.2 Å². The van der Waals surface area contributed by atoms with E-state index >= 15 is 0 Å². The molecule has 1 N–H and O–H groups in total. The zero-order valence-electron chi connectivity index (χ0n) is 10.6. The third-order valence-corrected chi connectivity index (χ3v) is 3.98. The van der Waals surface area contributed by atoms with Gasteiger partial charge in [0.1, 0.15) is 6.10 Å². The summed E-state index contributed by atoms with van der Waals surface area (Å²) in [5.41, 5.74) is 2.61. The molecule has 0 aliphatic rings. The molecular weight excluding hydrogens is 256 g/mol. The van der Waals surface area contributed by atoms with E-state index in [2.05, 4.69) is 9.97 Å². The van der Waals surface area contributed by atoms with Crippen LogP contribution in [0.15, 0.2) is 41.8 Å². The normalized spacial score (nSPS) is 12.7. The molecular formula is C15H14N2OS. The molecule has 96 valence electrons. The molecule has 0 fully saturated rings. The van der Waals surface area contributed by atoms with Crippen LogP contribution in [0.25, 0.3) is 10.9 Å². The van der Waals surface area contributed by atoms with E-state index in [1.165, 1.54) is 0 Å². The standard InChI is InChI=1S/C15H14N2OS/c1-10-9-19-15(16-10)8-14(18)13-7-6-11-4-2-3-5-12(11)17-13/h2-7,9,14,18H,8H2,1H3. The first-order chi connectivity index (χ1) is 9.22. The average Bonchev–Trinajstić information content (AvgIpc) is 2.83. The van der Waals surface area contributed by atoms with E-state index in [9.17, 15) is 5.11 Å². The minimum atomic E-state index is -0.602. The number of para-hydroxylation sites is 1. The van der Waals surface area contributed by atoms with E-state index in [0.717, 1.165) is 21.6 Å². The van der Waals surface area contributed by atoms with Crippen LogP contribution in [0.3, 0.4) is 0 Å². The molecule has 2 heterocycles. The predicted octanol–water partition coefficient (Wildman–Crippen LogP) is 3.28. The molecule has 1 atom stereocenters. The maximum Gasteiger partial charge on any atom is 0.102 e. The van der Waals surface area contributed by atoms with Crippen LogP contribution in [0.5, 0.6) is 0 Å². The van der Waals surface area contributed by atoms with Crippen LogP contribution in [0.2, 0.25) is 0 Å². The van der Waals surface area contributed by atoms with Crippen molar-refractivity contribution in [2.75, 3.05) is 0 Å². The maximum absolute atomic E-state index is 10.2. The minimum Gasteiger partial charge on any atom is -0.386 e. The van der Waals surface area contributed by atoms with Crippen molar-refractivity contribution < 1.29 is 5.11 Å². The van der Waals surface area contributed by atoms with Gasteiger partial charge < -0.3 is 5.11 Å². The van der Waals surface area contributed by atoms with Gasteiger partial charge in [0.15, 0.2) is 0 Å². The predicted molar refractivity (Wildman–Crippen MR) is 77.3 cm³/mol. The first-order valence-electron chi connectivity index (χ1n) is 6.17. The van der Waals surface area contributed by atoms with Gasteiger partial charge >= 0.3 is 0 Å². The largest absolute Gasteiger partial charge is 0.386 e. The van der Waals surface area contributed by atoms with E-state index in [4.69, 9.17) is 0 Å². The van der Waals surface area contributed by atoms with Crippen molar-refractivity contribution in [3.8, 4) is 0 Å². The van der Waals surface area contributed by atoms with Gasteiger partial charge in [-0.3, -0.25) is 4.98 Å². The summed E-state index contributed by atoms with van der Waals surface area (Å²) in [5.74, 6) is 0. The number of nitrogens with zero attached hydrogens (tertiary/aromatic N) is 2. The van der Waals surface area contributed by atoms with Crippen LogP contribution in [-0.4, -0.2) is 15.1 Å². The summed E-state index contributed by atoms with van der Waals surface area (Å²) in [6.07, 6.45) is -0.0840. The van der Waals surface area contributed by atoms with Gasteiger partial charge in [0.25, 0.3) is 0 Å². The van der Waals surface area contributed by atoms with Crippen LogP contribution in [0.4, 0.5) is 0 Å². The molecule has 0 bridgehead atoms. The van der Waals surface area contributed by atoms with Crippen LogP contribution in [0.1, 0.15) is 22.5 Å². The second-order valence-electron chi connectivity index (χ2n) is 4.53. The lowest BCUT2D eigenvalue weighted by Gasteiger charge is -2.09. The smallest absolute Gasteiger partial charge is 0.102 e. The first kappa shape index (κ1) is 12.3. The summed E-state index contributed by atoms with van der Waals surface area (Å²) in [7, 11) is 0. The van der Waals surface area contributed by atoms with E-state index < -0.39 is 6.10 Å². The lowest BCUT2D eigenvalue weighted by atomic mass is 10.1. The van der Waals surface area contributed by atoms with E-state index in [1.807, 2.05) is 48.7 Å². The van der Waals surface area contributed by atoms with Gasteiger partial charge in [-0.15, -0.1) is 11.3 Å². The van der Waals surface area contributed by atoms with Gasteiger partial charge in [-0.25, -0.2) is 4.98 Å².